The number of benzene rings is 1. The van der Waals surface area contributed by atoms with Gasteiger partial charge in [0.1, 0.15) is 5.75 Å². The predicted octanol–water partition coefficient (Wildman–Crippen LogP) is 3.81. The fourth-order valence-corrected chi connectivity index (χ4v) is 3.64. The van der Waals surface area contributed by atoms with Gasteiger partial charge in [0, 0.05) is 38.6 Å². The van der Waals surface area contributed by atoms with Crippen molar-refractivity contribution in [3.8, 4) is 5.75 Å². The van der Waals surface area contributed by atoms with E-state index in [0.29, 0.717) is 12.6 Å². The number of ether oxygens (including phenoxy) is 1. The Morgan fingerprint density at radius 2 is 1.77 bits per heavy atom. The van der Waals surface area contributed by atoms with Crippen LogP contribution in [0.1, 0.15) is 37.7 Å². The minimum atomic E-state index is -4.66. The van der Waals surface area contributed by atoms with Crippen LogP contribution in [0.3, 0.4) is 0 Å². The molecule has 1 aromatic rings. The summed E-state index contributed by atoms with van der Waals surface area (Å²) in [5.41, 5.74) is 0.955. The van der Waals surface area contributed by atoms with Gasteiger partial charge in [0.2, 0.25) is 5.91 Å². The number of nitrogens with zero attached hydrogens (tertiary/aromatic N) is 2. The number of hydrogen-bond acceptors (Lipinski definition) is 3. The van der Waals surface area contributed by atoms with Crippen molar-refractivity contribution < 1.29 is 22.7 Å². The van der Waals surface area contributed by atoms with E-state index in [1.165, 1.54) is 12.1 Å². The summed E-state index contributed by atoms with van der Waals surface area (Å²) in [5, 5.41) is 0. The van der Waals surface area contributed by atoms with Crippen molar-refractivity contribution in [2.24, 2.45) is 5.92 Å². The first-order valence-corrected chi connectivity index (χ1v) is 9.15. The highest BCUT2D eigenvalue weighted by Gasteiger charge is 2.33. The highest BCUT2D eigenvalue weighted by molar-refractivity contribution is 5.79. The third-order valence-electron chi connectivity index (χ3n) is 5.47. The normalized spacial score (nSPS) is 19.8. The van der Waals surface area contributed by atoms with Crippen LogP contribution in [0.15, 0.2) is 24.3 Å². The number of amides is 1. The fraction of sp³-hybridized carbons (Fsp3) is 0.632. The molecule has 1 aliphatic carbocycles. The number of rotatable bonds is 5. The van der Waals surface area contributed by atoms with E-state index in [4.69, 9.17) is 0 Å². The van der Waals surface area contributed by atoms with Crippen LogP contribution in [-0.4, -0.2) is 48.2 Å². The van der Waals surface area contributed by atoms with Crippen LogP contribution in [0.4, 0.5) is 13.2 Å². The van der Waals surface area contributed by atoms with Gasteiger partial charge in [-0.2, -0.15) is 0 Å². The summed E-state index contributed by atoms with van der Waals surface area (Å²) in [6.45, 7) is 2.46. The topological polar surface area (TPSA) is 32.8 Å². The molecule has 1 saturated heterocycles. The molecule has 2 fully saturated rings. The van der Waals surface area contributed by atoms with Gasteiger partial charge in [0.05, 0.1) is 0 Å². The Kier molecular flexibility index (Phi) is 5.75. The summed E-state index contributed by atoms with van der Waals surface area (Å²) >= 11 is 0. The number of hydrogen-bond donors (Lipinski definition) is 0. The summed E-state index contributed by atoms with van der Waals surface area (Å²) < 4.78 is 40.5. The molecule has 144 valence electrons. The summed E-state index contributed by atoms with van der Waals surface area (Å²) in [5.74, 6) is 0.321. The molecule has 1 amide bonds. The number of piperidine rings is 1. The van der Waals surface area contributed by atoms with Crippen molar-refractivity contribution in [3.05, 3.63) is 29.8 Å². The molecule has 0 spiro atoms. The van der Waals surface area contributed by atoms with Crippen LogP contribution in [0.25, 0.3) is 0 Å². The molecule has 7 heteroatoms. The van der Waals surface area contributed by atoms with Gasteiger partial charge in [-0.3, -0.25) is 9.69 Å². The quantitative estimate of drug-likeness (QED) is 0.790. The van der Waals surface area contributed by atoms with Gasteiger partial charge < -0.3 is 9.64 Å². The Morgan fingerprint density at radius 3 is 2.27 bits per heavy atom. The number of halogens is 3. The van der Waals surface area contributed by atoms with Crippen molar-refractivity contribution in [2.45, 2.75) is 51.1 Å². The lowest BCUT2D eigenvalue weighted by atomic mass is 9.84. The van der Waals surface area contributed by atoms with E-state index in [1.807, 2.05) is 11.9 Å². The molecular formula is C19H25F3N2O2. The Morgan fingerprint density at radius 1 is 1.15 bits per heavy atom. The van der Waals surface area contributed by atoms with Gasteiger partial charge in [-0.05, 0) is 43.4 Å². The first-order valence-electron chi connectivity index (χ1n) is 9.15. The fourth-order valence-electron chi connectivity index (χ4n) is 3.64. The molecule has 0 bridgehead atoms. The van der Waals surface area contributed by atoms with E-state index < -0.39 is 6.36 Å². The highest BCUT2D eigenvalue weighted by Crippen LogP contribution is 2.30. The van der Waals surface area contributed by atoms with Crippen LogP contribution in [0.2, 0.25) is 0 Å². The molecule has 26 heavy (non-hydrogen) atoms. The molecule has 1 heterocycles. The highest BCUT2D eigenvalue weighted by atomic mass is 19.4. The molecule has 4 nitrogen and oxygen atoms in total. The van der Waals surface area contributed by atoms with E-state index in [1.54, 1.807) is 12.1 Å². The molecule has 2 aliphatic rings. The van der Waals surface area contributed by atoms with E-state index in [9.17, 15) is 18.0 Å². The largest absolute Gasteiger partial charge is 0.573 e. The van der Waals surface area contributed by atoms with Crippen LogP contribution in [-0.2, 0) is 11.3 Å². The summed E-state index contributed by atoms with van der Waals surface area (Å²) in [4.78, 5) is 16.6. The first kappa shape index (κ1) is 19.0. The zero-order valence-corrected chi connectivity index (χ0v) is 15.0. The summed E-state index contributed by atoms with van der Waals surface area (Å²) in [6, 6.07) is 6.32. The monoisotopic (exact) mass is 370 g/mol. The van der Waals surface area contributed by atoms with E-state index in [2.05, 4.69) is 9.64 Å². The standard InChI is InChI=1S/C19H25F3N2O2/c1-23(18(25)15-3-2-4-15)16-9-11-24(12-10-16)13-14-5-7-17(8-6-14)26-19(20,21)22/h5-8,15-16H,2-4,9-13H2,1H3. The molecule has 0 radical (unpaired) electrons. The number of likely N-dealkylation sites (tertiary alicyclic amines) is 1. The van der Waals surface area contributed by atoms with Gasteiger partial charge in [-0.25, -0.2) is 0 Å². The predicted molar refractivity (Wildman–Crippen MR) is 91.5 cm³/mol. The maximum atomic E-state index is 12.3. The number of alkyl halides is 3. The van der Waals surface area contributed by atoms with E-state index in [-0.39, 0.29) is 17.6 Å². The average molecular weight is 370 g/mol. The Balaban J connectivity index is 1.45. The molecule has 0 atom stereocenters. The molecule has 0 aromatic heterocycles. The van der Waals surface area contributed by atoms with Crippen molar-refractivity contribution in [1.82, 2.24) is 9.80 Å². The van der Waals surface area contributed by atoms with Crippen LogP contribution < -0.4 is 4.74 Å². The van der Waals surface area contributed by atoms with Crippen molar-refractivity contribution >= 4 is 5.91 Å². The number of carbonyl (C=O) groups excluding carboxylic acids is 1. The lowest BCUT2D eigenvalue weighted by molar-refractivity contribution is -0.274. The van der Waals surface area contributed by atoms with E-state index in [0.717, 1.165) is 50.8 Å². The van der Waals surface area contributed by atoms with Gasteiger partial charge in [-0.15, -0.1) is 13.2 Å². The maximum Gasteiger partial charge on any atom is 0.573 e. The van der Waals surface area contributed by atoms with Crippen LogP contribution in [0.5, 0.6) is 5.75 Å². The van der Waals surface area contributed by atoms with Crippen LogP contribution in [0, 0.1) is 5.92 Å². The van der Waals surface area contributed by atoms with Gasteiger partial charge in [0.25, 0.3) is 0 Å². The summed E-state index contributed by atoms with van der Waals surface area (Å²) in [6.07, 6.45) is 0.419. The average Bonchev–Trinajstić information content (AvgIpc) is 2.54. The maximum absolute atomic E-state index is 12.3. The first-order chi connectivity index (χ1) is 12.3. The second-order valence-electron chi connectivity index (χ2n) is 7.28. The Labute approximate surface area is 151 Å². The SMILES string of the molecule is CN(C(=O)C1CCC1)C1CCN(Cc2ccc(OC(F)(F)F)cc2)CC1. The molecule has 3 rings (SSSR count). The van der Waals surface area contributed by atoms with Gasteiger partial charge >= 0.3 is 6.36 Å². The van der Waals surface area contributed by atoms with Crippen molar-refractivity contribution in [1.29, 1.82) is 0 Å². The second kappa shape index (κ2) is 7.86. The number of carbonyl (C=O) groups is 1. The zero-order chi connectivity index (χ0) is 18.7. The molecule has 1 saturated carbocycles. The molecule has 1 aliphatic heterocycles. The third-order valence-corrected chi connectivity index (χ3v) is 5.47. The minimum absolute atomic E-state index is 0.198. The molecular weight excluding hydrogens is 345 g/mol. The lowest BCUT2D eigenvalue weighted by Crippen LogP contribution is -2.48. The molecule has 0 unspecified atom stereocenters. The third kappa shape index (κ3) is 4.90. The smallest absolute Gasteiger partial charge is 0.406 e. The molecule has 1 aromatic carbocycles. The van der Waals surface area contributed by atoms with Crippen LogP contribution >= 0.6 is 0 Å². The van der Waals surface area contributed by atoms with Gasteiger partial charge in [-0.1, -0.05) is 18.6 Å². The van der Waals surface area contributed by atoms with Crippen molar-refractivity contribution in [2.75, 3.05) is 20.1 Å². The Bertz CT molecular complexity index is 606. The van der Waals surface area contributed by atoms with E-state index >= 15 is 0 Å². The Hall–Kier alpha value is -1.76. The summed E-state index contributed by atoms with van der Waals surface area (Å²) in [7, 11) is 1.92. The minimum Gasteiger partial charge on any atom is -0.406 e. The lowest BCUT2D eigenvalue weighted by Gasteiger charge is -2.39. The van der Waals surface area contributed by atoms with Gasteiger partial charge in [0.15, 0.2) is 0 Å². The second-order valence-corrected chi connectivity index (χ2v) is 7.28. The zero-order valence-electron chi connectivity index (χ0n) is 15.0. The van der Waals surface area contributed by atoms with Crippen molar-refractivity contribution in [3.63, 3.8) is 0 Å². The molecule has 0 N–H and O–H groups in total.